The number of ether oxygens (including phenoxy) is 1. The Morgan fingerprint density at radius 1 is 1.22 bits per heavy atom. The molecule has 2 heterocycles. The molecular formula is C16H10N2O5. The molecule has 1 aliphatic heterocycles. The van der Waals surface area contributed by atoms with Crippen molar-refractivity contribution in [1.29, 1.82) is 5.26 Å². The monoisotopic (exact) mass is 310 g/mol. The molecule has 1 aliphatic rings. The molecule has 23 heavy (non-hydrogen) atoms. The van der Waals surface area contributed by atoms with Gasteiger partial charge in [0, 0.05) is 0 Å². The van der Waals surface area contributed by atoms with E-state index >= 15 is 0 Å². The Labute approximate surface area is 130 Å². The van der Waals surface area contributed by atoms with E-state index < -0.39 is 17.8 Å². The molecule has 0 unspecified atom stereocenters. The first-order valence-electron chi connectivity index (χ1n) is 6.68. The van der Waals surface area contributed by atoms with Crippen LogP contribution < -0.4 is 0 Å². The molecule has 0 spiro atoms. The second-order valence-corrected chi connectivity index (χ2v) is 4.77. The quantitative estimate of drug-likeness (QED) is 0.630. The first kappa shape index (κ1) is 14.5. The minimum Gasteiger partial charge on any atom is -0.467 e. The van der Waals surface area contributed by atoms with E-state index in [2.05, 4.69) is 4.74 Å². The molecule has 0 saturated heterocycles. The van der Waals surface area contributed by atoms with Crippen LogP contribution in [0, 0.1) is 11.3 Å². The normalized spacial score (nSPS) is 12.9. The molecule has 1 aromatic heterocycles. The molecule has 0 saturated carbocycles. The lowest BCUT2D eigenvalue weighted by molar-refractivity contribution is 0.0554. The average molecular weight is 310 g/mol. The van der Waals surface area contributed by atoms with Crippen LogP contribution in [0.3, 0.4) is 0 Å². The molecule has 114 valence electrons. The van der Waals surface area contributed by atoms with Crippen LogP contribution >= 0.6 is 0 Å². The zero-order chi connectivity index (χ0) is 16.4. The highest BCUT2D eigenvalue weighted by Gasteiger charge is 2.36. The summed E-state index contributed by atoms with van der Waals surface area (Å²) in [5.74, 6) is -1.19. The zero-order valence-electron chi connectivity index (χ0n) is 11.8. The van der Waals surface area contributed by atoms with Crippen LogP contribution in [0.4, 0.5) is 0 Å². The molecule has 3 rings (SSSR count). The second kappa shape index (κ2) is 5.77. The summed E-state index contributed by atoms with van der Waals surface area (Å²) < 4.78 is 9.83. The SMILES string of the molecule is N#CCOC(=O)c1ccc2c(c1)C(=O)N(Cc1ccco1)C2=O. The standard InChI is InChI=1S/C16H10N2O5/c17-5-7-23-16(21)10-3-4-12-13(8-10)15(20)18(14(12)19)9-11-2-1-6-22-11/h1-4,6,8H,7,9H2. The molecule has 2 aromatic rings. The van der Waals surface area contributed by atoms with Crippen molar-refractivity contribution in [3.05, 3.63) is 59.0 Å². The van der Waals surface area contributed by atoms with Crippen molar-refractivity contribution in [2.45, 2.75) is 6.54 Å². The highest BCUT2D eigenvalue weighted by molar-refractivity contribution is 6.21. The van der Waals surface area contributed by atoms with Gasteiger partial charge in [0.2, 0.25) is 0 Å². The number of nitriles is 1. The lowest BCUT2D eigenvalue weighted by Gasteiger charge is -2.11. The van der Waals surface area contributed by atoms with Crippen molar-refractivity contribution >= 4 is 17.8 Å². The summed E-state index contributed by atoms with van der Waals surface area (Å²) in [4.78, 5) is 37.5. The minimum absolute atomic E-state index is 0.0214. The maximum absolute atomic E-state index is 12.4. The first-order valence-corrected chi connectivity index (χ1v) is 6.68. The van der Waals surface area contributed by atoms with Gasteiger partial charge in [-0.1, -0.05) is 0 Å². The number of hydrogen-bond acceptors (Lipinski definition) is 6. The number of fused-ring (bicyclic) bond motifs is 1. The summed E-state index contributed by atoms with van der Waals surface area (Å²) in [6, 6.07) is 9.11. The molecule has 7 heteroatoms. The Balaban J connectivity index is 1.87. The third kappa shape index (κ3) is 2.58. The average Bonchev–Trinajstić information content (AvgIpc) is 3.15. The van der Waals surface area contributed by atoms with E-state index in [0.29, 0.717) is 5.76 Å². The number of furan rings is 1. The zero-order valence-corrected chi connectivity index (χ0v) is 11.8. The maximum Gasteiger partial charge on any atom is 0.339 e. The van der Waals surface area contributed by atoms with Crippen molar-refractivity contribution in [2.24, 2.45) is 0 Å². The van der Waals surface area contributed by atoms with E-state index in [4.69, 9.17) is 9.68 Å². The van der Waals surface area contributed by atoms with Gasteiger partial charge in [0.05, 0.1) is 29.5 Å². The predicted molar refractivity (Wildman–Crippen MR) is 75.2 cm³/mol. The van der Waals surface area contributed by atoms with Gasteiger partial charge in [-0.05, 0) is 30.3 Å². The van der Waals surface area contributed by atoms with Gasteiger partial charge in [0.15, 0.2) is 6.61 Å². The van der Waals surface area contributed by atoms with E-state index in [1.165, 1.54) is 24.5 Å². The summed E-state index contributed by atoms with van der Waals surface area (Å²) in [5, 5.41) is 8.41. The van der Waals surface area contributed by atoms with Crippen LogP contribution in [0.25, 0.3) is 0 Å². The van der Waals surface area contributed by atoms with Gasteiger partial charge in [-0.2, -0.15) is 5.26 Å². The van der Waals surface area contributed by atoms with Crippen LogP contribution in [0.2, 0.25) is 0 Å². The number of esters is 1. The minimum atomic E-state index is -0.723. The molecule has 0 fully saturated rings. The molecule has 0 N–H and O–H groups in total. The molecular weight excluding hydrogens is 300 g/mol. The van der Waals surface area contributed by atoms with Crippen molar-refractivity contribution in [2.75, 3.05) is 6.61 Å². The van der Waals surface area contributed by atoms with Gasteiger partial charge >= 0.3 is 5.97 Å². The summed E-state index contributed by atoms with van der Waals surface area (Å²) in [6.07, 6.45) is 1.46. The van der Waals surface area contributed by atoms with Crippen LogP contribution in [-0.4, -0.2) is 29.3 Å². The van der Waals surface area contributed by atoms with Crippen molar-refractivity contribution < 1.29 is 23.5 Å². The predicted octanol–water partition coefficient (Wildman–Crippen LogP) is 1.76. The first-order chi connectivity index (χ1) is 11.1. The third-order valence-corrected chi connectivity index (χ3v) is 3.37. The molecule has 0 bridgehead atoms. The molecule has 0 atom stereocenters. The van der Waals surface area contributed by atoms with Gasteiger partial charge in [-0.25, -0.2) is 4.79 Å². The largest absolute Gasteiger partial charge is 0.467 e. The number of amides is 2. The van der Waals surface area contributed by atoms with E-state index in [0.717, 1.165) is 4.90 Å². The smallest absolute Gasteiger partial charge is 0.339 e. The summed E-state index contributed by atoms with van der Waals surface area (Å²) >= 11 is 0. The summed E-state index contributed by atoms with van der Waals surface area (Å²) in [5.41, 5.74) is 0.464. The topological polar surface area (TPSA) is 101 Å². The number of carbonyl (C=O) groups excluding carboxylic acids is 3. The third-order valence-electron chi connectivity index (χ3n) is 3.37. The van der Waals surface area contributed by atoms with Crippen LogP contribution in [0.15, 0.2) is 41.0 Å². The Hall–Kier alpha value is -3.40. The van der Waals surface area contributed by atoms with Crippen molar-refractivity contribution in [3.63, 3.8) is 0 Å². The number of hydrogen-bond donors (Lipinski definition) is 0. The second-order valence-electron chi connectivity index (χ2n) is 4.77. The van der Waals surface area contributed by atoms with Gasteiger partial charge < -0.3 is 9.15 Å². The fraction of sp³-hybridized carbons (Fsp3) is 0.125. The molecule has 0 aliphatic carbocycles. The molecule has 1 aromatic carbocycles. The van der Waals surface area contributed by atoms with Crippen LogP contribution in [-0.2, 0) is 11.3 Å². The molecule has 0 radical (unpaired) electrons. The summed E-state index contributed by atoms with van der Waals surface area (Å²) in [6.45, 7) is -0.360. The lowest BCUT2D eigenvalue weighted by atomic mass is 10.1. The fourth-order valence-electron chi connectivity index (χ4n) is 2.30. The maximum atomic E-state index is 12.4. The summed E-state index contributed by atoms with van der Waals surface area (Å²) in [7, 11) is 0. The van der Waals surface area contributed by atoms with E-state index in [-0.39, 0.29) is 29.8 Å². The van der Waals surface area contributed by atoms with Gasteiger partial charge in [-0.15, -0.1) is 0 Å². The highest BCUT2D eigenvalue weighted by Crippen LogP contribution is 2.26. The number of rotatable bonds is 4. The van der Waals surface area contributed by atoms with E-state index in [1.807, 2.05) is 0 Å². The number of carbonyl (C=O) groups is 3. The van der Waals surface area contributed by atoms with Gasteiger partial charge in [0.25, 0.3) is 11.8 Å². The molecule has 2 amide bonds. The van der Waals surface area contributed by atoms with Crippen molar-refractivity contribution in [1.82, 2.24) is 4.90 Å². The van der Waals surface area contributed by atoms with E-state index in [9.17, 15) is 14.4 Å². The van der Waals surface area contributed by atoms with Gasteiger partial charge in [0.1, 0.15) is 11.8 Å². The van der Waals surface area contributed by atoms with Crippen LogP contribution in [0.5, 0.6) is 0 Å². The lowest BCUT2D eigenvalue weighted by Crippen LogP contribution is -2.28. The van der Waals surface area contributed by atoms with E-state index in [1.54, 1.807) is 18.2 Å². The van der Waals surface area contributed by atoms with Crippen LogP contribution in [0.1, 0.15) is 36.8 Å². The number of benzene rings is 1. The number of imide groups is 1. The Bertz CT molecular complexity index is 833. The fourth-order valence-corrected chi connectivity index (χ4v) is 2.30. The number of nitrogens with zero attached hydrogens (tertiary/aromatic N) is 2. The Morgan fingerprint density at radius 3 is 2.70 bits per heavy atom. The highest BCUT2D eigenvalue weighted by atomic mass is 16.5. The Kier molecular flexibility index (Phi) is 3.65. The molecule has 7 nitrogen and oxygen atoms in total. The Morgan fingerprint density at radius 2 is 2.00 bits per heavy atom. The van der Waals surface area contributed by atoms with Gasteiger partial charge in [-0.3, -0.25) is 14.5 Å². The van der Waals surface area contributed by atoms with Crippen molar-refractivity contribution in [3.8, 4) is 6.07 Å².